The number of nitrogens with one attached hydrogen (secondary N) is 1. The maximum absolute atomic E-state index is 11.5. The Morgan fingerprint density at radius 1 is 1.42 bits per heavy atom. The van der Waals surface area contributed by atoms with Gasteiger partial charge in [0.05, 0.1) is 11.4 Å². The van der Waals surface area contributed by atoms with Gasteiger partial charge in [-0.15, -0.1) is 6.42 Å². The molecule has 1 rings (SSSR count). The van der Waals surface area contributed by atoms with Gasteiger partial charge in [0.25, 0.3) is 5.91 Å². The van der Waals surface area contributed by atoms with Crippen molar-refractivity contribution >= 4 is 15.7 Å². The molecule has 0 heterocycles. The molecule has 0 saturated heterocycles. The molecule has 1 aromatic carbocycles. The Morgan fingerprint density at radius 2 is 2.00 bits per heavy atom. The van der Waals surface area contributed by atoms with Crippen LogP contribution in [0.15, 0.2) is 29.2 Å². The first-order valence-electron chi connectivity index (χ1n) is 5.52. The minimum Gasteiger partial charge on any atom is -0.481 e. The Hall–Kier alpha value is -2.00. The number of carbonyl (C=O) groups excluding carboxylic acids is 1. The molecule has 0 radical (unpaired) electrons. The lowest BCUT2D eigenvalue weighted by atomic mass is 10.3. The van der Waals surface area contributed by atoms with Crippen molar-refractivity contribution in [1.82, 2.24) is 5.32 Å². The highest BCUT2D eigenvalue weighted by Gasteiger charge is 2.14. The molecule has 0 bridgehead atoms. The second-order valence-corrected chi connectivity index (χ2v) is 5.94. The van der Waals surface area contributed by atoms with E-state index in [4.69, 9.17) is 11.2 Å². The third-order valence-corrected chi connectivity index (χ3v) is 3.43. The number of terminal acetylenes is 1. The van der Waals surface area contributed by atoms with Crippen LogP contribution in [0.3, 0.4) is 0 Å². The van der Waals surface area contributed by atoms with Crippen LogP contribution >= 0.6 is 0 Å². The van der Waals surface area contributed by atoms with Crippen molar-refractivity contribution < 1.29 is 17.9 Å². The van der Waals surface area contributed by atoms with Gasteiger partial charge in [-0.1, -0.05) is 5.92 Å². The predicted molar refractivity (Wildman–Crippen MR) is 71.5 cm³/mol. The molecule has 0 aromatic heterocycles. The lowest BCUT2D eigenvalue weighted by molar-refractivity contribution is -0.126. The van der Waals surface area contributed by atoms with Gasteiger partial charge >= 0.3 is 0 Å². The van der Waals surface area contributed by atoms with Gasteiger partial charge in [-0.3, -0.25) is 4.79 Å². The molecule has 0 aliphatic rings. The van der Waals surface area contributed by atoms with E-state index in [0.717, 1.165) is 6.26 Å². The van der Waals surface area contributed by atoms with Crippen LogP contribution in [0.2, 0.25) is 0 Å². The molecule has 1 amide bonds. The quantitative estimate of drug-likeness (QED) is 0.803. The number of hydrogen-bond acceptors (Lipinski definition) is 4. The summed E-state index contributed by atoms with van der Waals surface area (Å²) in [6.45, 7) is 1.72. The highest BCUT2D eigenvalue weighted by atomic mass is 32.2. The number of hydrogen-bond donors (Lipinski definition) is 1. The van der Waals surface area contributed by atoms with E-state index in [1.165, 1.54) is 24.3 Å². The molecule has 0 aliphatic heterocycles. The number of benzene rings is 1. The molecule has 0 spiro atoms. The maximum atomic E-state index is 11.5. The Morgan fingerprint density at radius 3 is 2.47 bits per heavy atom. The summed E-state index contributed by atoms with van der Waals surface area (Å²) in [6.07, 6.45) is 5.44. The standard InChI is InChI=1S/C13H15NO4S/c1-4-9-14-13(15)10(2)18-11-5-7-12(8-6-11)19(3,16)17/h1,5-8,10H,9H2,2-3H3,(H,14,15). The average molecular weight is 281 g/mol. The summed E-state index contributed by atoms with van der Waals surface area (Å²) < 4.78 is 27.9. The summed E-state index contributed by atoms with van der Waals surface area (Å²) in [7, 11) is -3.23. The van der Waals surface area contributed by atoms with Crippen molar-refractivity contribution in [3.05, 3.63) is 24.3 Å². The van der Waals surface area contributed by atoms with Crippen molar-refractivity contribution in [3.63, 3.8) is 0 Å². The minimum atomic E-state index is -3.23. The zero-order valence-corrected chi connectivity index (χ0v) is 11.5. The van der Waals surface area contributed by atoms with Crippen LogP contribution in [0.4, 0.5) is 0 Å². The molecule has 5 nitrogen and oxygen atoms in total. The molecular weight excluding hydrogens is 266 g/mol. The van der Waals surface area contributed by atoms with Crippen molar-refractivity contribution in [3.8, 4) is 18.1 Å². The molecular formula is C13H15NO4S. The molecule has 6 heteroatoms. The van der Waals surface area contributed by atoms with Gasteiger partial charge in [0.1, 0.15) is 5.75 Å². The fourth-order valence-electron chi connectivity index (χ4n) is 1.30. The van der Waals surface area contributed by atoms with E-state index >= 15 is 0 Å². The van der Waals surface area contributed by atoms with Gasteiger partial charge in [-0.05, 0) is 31.2 Å². The lowest BCUT2D eigenvalue weighted by Crippen LogP contribution is -2.36. The largest absolute Gasteiger partial charge is 0.481 e. The van der Waals surface area contributed by atoms with Crippen LogP contribution < -0.4 is 10.1 Å². The fourth-order valence-corrected chi connectivity index (χ4v) is 1.94. The number of sulfone groups is 1. The molecule has 1 aromatic rings. The molecule has 1 atom stereocenters. The van der Waals surface area contributed by atoms with E-state index < -0.39 is 15.9 Å². The molecule has 1 unspecified atom stereocenters. The first kappa shape index (κ1) is 15.1. The predicted octanol–water partition coefficient (Wildman–Crippen LogP) is 0.607. The maximum Gasteiger partial charge on any atom is 0.261 e. The fraction of sp³-hybridized carbons (Fsp3) is 0.308. The van der Waals surface area contributed by atoms with Crippen LogP contribution in [-0.2, 0) is 14.6 Å². The Labute approximate surface area is 112 Å². The third-order valence-electron chi connectivity index (χ3n) is 2.30. The monoisotopic (exact) mass is 281 g/mol. The van der Waals surface area contributed by atoms with E-state index in [-0.39, 0.29) is 17.3 Å². The highest BCUT2D eigenvalue weighted by molar-refractivity contribution is 7.90. The zero-order valence-electron chi connectivity index (χ0n) is 10.7. The Balaban J connectivity index is 2.68. The SMILES string of the molecule is C#CCNC(=O)C(C)Oc1ccc(S(C)(=O)=O)cc1. The van der Waals surface area contributed by atoms with Crippen LogP contribution in [0.1, 0.15) is 6.92 Å². The molecule has 0 fully saturated rings. The summed E-state index contributed by atoms with van der Waals surface area (Å²) in [5.41, 5.74) is 0. The highest BCUT2D eigenvalue weighted by Crippen LogP contribution is 2.16. The first-order chi connectivity index (χ1) is 8.84. The zero-order chi connectivity index (χ0) is 14.5. The van der Waals surface area contributed by atoms with Gasteiger partial charge in [-0.2, -0.15) is 0 Å². The number of amides is 1. The molecule has 19 heavy (non-hydrogen) atoms. The van der Waals surface area contributed by atoms with Gasteiger partial charge < -0.3 is 10.1 Å². The van der Waals surface area contributed by atoms with Crippen LogP contribution in [0, 0.1) is 12.3 Å². The van der Waals surface area contributed by atoms with Crippen molar-refractivity contribution in [2.45, 2.75) is 17.9 Å². The third kappa shape index (κ3) is 4.64. The topological polar surface area (TPSA) is 72.5 Å². The lowest BCUT2D eigenvalue weighted by Gasteiger charge is -2.13. The molecule has 0 saturated carbocycles. The van der Waals surface area contributed by atoms with E-state index in [1.807, 2.05) is 0 Å². The van der Waals surface area contributed by atoms with Crippen molar-refractivity contribution in [1.29, 1.82) is 0 Å². The summed E-state index contributed by atoms with van der Waals surface area (Å²) in [5, 5.41) is 2.49. The minimum absolute atomic E-state index is 0.138. The normalized spacial score (nSPS) is 12.3. The van der Waals surface area contributed by atoms with E-state index in [0.29, 0.717) is 5.75 Å². The Bertz CT molecular complexity index is 584. The van der Waals surface area contributed by atoms with Gasteiger partial charge in [0.2, 0.25) is 0 Å². The summed E-state index contributed by atoms with van der Waals surface area (Å²) in [6, 6.07) is 5.86. The Kier molecular flexibility index (Phi) is 4.95. The number of carbonyl (C=O) groups is 1. The van der Waals surface area contributed by atoms with Gasteiger partial charge in [-0.25, -0.2) is 8.42 Å². The van der Waals surface area contributed by atoms with E-state index in [2.05, 4.69) is 11.2 Å². The number of ether oxygens (including phenoxy) is 1. The van der Waals surface area contributed by atoms with Gasteiger partial charge in [0, 0.05) is 6.26 Å². The summed E-state index contributed by atoms with van der Waals surface area (Å²) in [4.78, 5) is 11.7. The van der Waals surface area contributed by atoms with E-state index in [1.54, 1.807) is 6.92 Å². The molecule has 0 aliphatic carbocycles. The van der Waals surface area contributed by atoms with E-state index in [9.17, 15) is 13.2 Å². The van der Waals surface area contributed by atoms with Crippen molar-refractivity contribution in [2.24, 2.45) is 0 Å². The smallest absolute Gasteiger partial charge is 0.261 e. The number of rotatable bonds is 5. The van der Waals surface area contributed by atoms with Crippen molar-refractivity contribution in [2.75, 3.05) is 12.8 Å². The van der Waals surface area contributed by atoms with Crippen LogP contribution in [0.5, 0.6) is 5.75 Å². The van der Waals surface area contributed by atoms with Crippen LogP contribution in [0.25, 0.3) is 0 Å². The summed E-state index contributed by atoms with van der Waals surface area (Å²) >= 11 is 0. The average Bonchev–Trinajstić information content (AvgIpc) is 2.35. The van der Waals surface area contributed by atoms with Gasteiger partial charge in [0.15, 0.2) is 15.9 Å². The first-order valence-corrected chi connectivity index (χ1v) is 7.41. The second kappa shape index (κ2) is 6.25. The second-order valence-electron chi connectivity index (χ2n) is 3.93. The molecule has 1 N–H and O–H groups in total. The summed E-state index contributed by atoms with van der Waals surface area (Å²) in [5.74, 6) is 2.37. The molecule has 102 valence electrons. The van der Waals surface area contributed by atoms with Crippen LogP contribution in [-0.4, -0.2) is 33.2 Å².